The molecule has 0 aliphatic heterocycles. The van der Waals surface area contributed by atoms with Gasteiger partial charge in [0.05, 0.1) is 5.25 Å². The number of anilines is 1. The number of hydrogen-bond acceptors (Lipinski definition) is 5. The van der Waals surface area contributed by atoms with Gasteiger partial charge in [-0.1, -0.05) is 52.0 Å². The van der Waals surface area contributed by atoms with Crippen LogP contribution in [0, 0.1) is 0 Å². The summed E-state index contributed by atoms with van der Waals surface area (Å²) in [6.07, 6.45) is 0. The van der Waals surface area contributed by atoms with Crippen molar-refractivity contribution in [2.45, 2.75) is 17.4 Å². The van der Waals surface area contributed by atoms with E-state index in [2.05, 4.69) is 31.4 Å². The number of rotatable bonds is 5. The van der Waals surface area contributed by atoms with Gasteiger partial charge in [-0.3, -0.25) is 4.79 Å². The van der Waals surface area contributed by atoms with Crippen molar-refractivity contribution in [3.05, 3.63) is 59.1 Å². The van der Waals surface area contributed by atoms with Crippen LogP contribution >= 0.6 is 27.7 Å². The highest BCUT2D eigenvalue weighted by Crippen LogP contribution is 2.27. The number of nitrogens with one attached hydrogen (secondary N) is 1. The molecular formula is C17H14BrN3O2S. The molecule has 0 aliphatic carbocycles. The molecule has 0 saturated carbocycles. The van der Waals surface area contributed by atoms with Crippen LogP contribution in [0.1, 0.15) is 6.92 Å². The van der Waals surface area contributed by atoms with Gasteiger partial charge < -0.3 is 9.73 Å². The van der Waals surface area contributed by atoms with Gasteiger partial charge in [-0.25, -0.2) is 0 Å². The first-order valence-electron chi connectivity index (χ1n) is 7.24. The van der Waals surface area contributed by atoms with Gasteiger partial charge in [0.1, 0.15) is 0 Å². The van der Waals surface area contributed by atoms with Crippen LogP contribution in [0.5, 0.6) is 0 Å². The maximum atomic E-state index is 12.2. The predicted molar refractivity (Wildman–Crippen MR) is 97.8 cm³/mol. The van der Waals surface area contributed by atoms with Crippen LogP contribution in [0.2, 0.25) is 0 Å². The van der Waals surface area contributed by atoms with E-state index in [9.17, 15) is 4.79 Å². The molecule has 0 bridgehead atoms. The van der Waals surface area contributed by atoms with Gasteiger partial charge >= 0.3 is 0 Å². The fourth-order valence-electron chi connectivity index (χ4n) is 1.97. The summed E-state index contributed by atoms with van der Waals surface area (Å²) in [5.74, 6) is 0.308. The van der Waals surface area contributed by atoms with E-state index in [1.807, 2.05) is 54.6 Å². The van der Waals surface area contributed by atoms with Crippen molar-refractivity contribution in [3.63, 3.8) is 0 Å². The van der Waals surface area contributed by atoms with Crippen molar-refractivity contribution in [1.82, 2.24) is 10.2 Å². The molecule has 0 radical (unpaired) electrons. The Balaban J connectivity index is 1.65. The molecule has 7 heteroatoms. The second-order valence-electron chi connectivity index (χ2n) is 5.00. The third-order valence-electron chi connectivity index (χ3n) is 3.17. The summed E-state index contributed by atoms with van der Waals surface area (Å²) in [4.78, 5) is 12.2. The highest BCUT2D eigenvalue weighted by atomic mass is 79.9. The molecule has 1 N–H and O–H groups in total. The Morgan fingerprint density at radius 1 is 1.17 bits per heavy atom. The number of amides is 1. The SMILES string of the molecule is CC(Sc1nnc(-c2cccc(Br)c2)o1)C(=O)Nc1ccccc1. The molecule has 24 heavy (non-hydrogen) atoms. The summed E-state index contributed by atoms with van der Waals surface area (Å²) < 4.78 is 6.57. The molecule has 0 fully saturated rings. The smallest absolute Gasteiger partial charge is 0.277 e. The van der Waals surface area contributed by atoms with E-state index in [1.54, 1.807) is 6.92 Å². The number of halogens is 1. The van der Waals surface area contributed by atoms with Crippen LogP contribution < -0.4 is 5.32 Å². The summed E-state index contributed by atoms with van der Waals surface area (Å²) in [6, 6.07) is 16.9. The predicted octanol–water partition coefficient (Wildman–Crippen LogP) is 4.62. The third kappa shape index (κ3) is 4.24. The first-order valence-corrected chi connectivity index (χ1v) is 8.91. The van der Waals surface area contributed by atoms with Gasteiger partial charge in [0.2, 0.25) is 11.8 Å². The van der Waals surface area contributed by atoms with Crippen molar-refractivity contribution in [2.75, 3.05) is 5.32 Å². The molecular weight excluding hydrogens is 390 g/mol. The molecule has 1 aromatic heterocycles. The Labute approximate surface area is 152 Å². The number of carbonyl (C=O) groups excluding carboxylic acids is 1. The lowest BCUT2D eigenvalue weighted by atomic mass is 10.2. The Kier molecular flexibility index (Phi) is 5.32. The lowest BCUT2D eigenvalue weighted by Gasteiger charge is -2.09. The van der Waals surface area contributed by atoms with Gasteiger partial charge in [-0.15, -0.1) is 10.2 Å². The molecule has 3 aromatic rings. The third-order valence-corrected chi connectivity index (χ3v) is 4.59. The van der Waals surface area contributed by atoms with Gasteiger partial charge in [-0.05, 0) is 37.3 Å². The molecule has 122 valence electrons. The summed E-state index contributed by atoms with van der Waals surface area (Å²) in [5, 5.41) is 10.9. The summed E-state index contributed by atoms with van der Waals surface area (Å²) >= 11 is 4.64. The molecule has 0 saturated heterocycles. The first-order chi connectivity index (χ1) is 11.6. The zero-order valence-corrected chi connectivity index (χ0v) is 15.2. The largest absolute Gasteiger partial charge is 0.411 e. The zero-order chi connectivity index (χ0) is 16.9. The number of benzene rings is 2. The van der Waals surface area contributed by atoms with Crippen LogP contribution in [-0.2, 0) is 4.79 Å². The minimum absolute atomic E-state index is 0.117. The maximum Gasteiger partial charge on any atom is 0.277 e. The minimum Gasteiger partial charge on any atom is -0.411 e. The molecule has 1 amide bonds. The second kappa shape index (κ2) is 7.63. The fraction of sp³-hybridized carbons (Fsp3) is 0.118. The van der Waals surface area contributed by atoms with E-state index in [1.165, 1.54) is 11.8 Å². The molecule has 3 rings (SSSR count). The van der Waals surface area contributed by atoms with E-state index in [0.29, 0.717) is 11.1 Å². The lowest BCUT2D eigenvalue weighted by molar-refractivity contribution is -0.115. The minimum atomic E-state index is -0.360. The van der Waals surface area contributed by atoms with E-state index in [0.717, 1.165) is 15.7 Å². The molecule has 2 aromatic carbocycles. The Morgan fingerprint density at radius 2 is 1.96 bits per heavy atom. The summed E-state index contributed by atoms with van der Waals surface area (Å²) in [5.41, 5.74) is 1.58. The van der Waals surface area contributed by atoms with Crippen molar-refractivity contribution in [3.8, 4) is 11.5 Å². The summed E-state index contributed by atoms with van der Waals surface area (Å²) in [6.45, 7) is 1.80. The molecule has 5 nitrogen and oxygen atoms in total. The van der Waals surface area contributed by atoms with Gasteiger partial charge in [0.15, 0.2) is 0 Å². The highest BCUT2D eigenvalue weighted by molar-refractivity contribution is 9.10. The van der Waals surface area contributed by atoms with Crippen LogP contribution in [-0.4, -0.2) is 21.4 Å². The van der Waals surface area contributed by atoms with Crippen LogP contribution in [0.25, 0.3) is 11.5 Å². The topological polar surface area (TPSA) is 68.0 Å². The molecule has 0 spiro atoms. The van der Waals surface area contributed by atoms with Crippen LogP contribution in [0.3, 0.4) is 0 Å². The van der Waals surface area contributed by atoms with E-state index in [4.69, 9.17) is 4.42 Å². The Hall–Kier alpha value is -2.12. The van der Waals surface area contributed by atoms with Crippen LogP contribution in [0.15, 0.2) is 68.7 Å². The quantitative estimate of drug-likeness (QED) is 0.629. The standard InChI is InChI=1S/C17H14BrN3O2S/c1-11(15(22)19-14-8-3-2-4-9-14)24-17-21-20-16(23-17)12-6-5-7-13(18)10-12/h2-11H,1H3,(H,19,22). The normalized spacial score (nSPS) is 11.9. The van der Waals surface area contributed by atoms with Gasteiger partial charge in [0, 0.05) is 15.7 Å². The number of thioether (sulfide) groups is 1. The van der Waals surface area contributed by atoms with E-state index in [-0.39, 0.29) is 11.2 Å². The number of aromatic nitrogens is 2. The second-order valence-corrected chi connectivity index (χ2v) is 7.21. The highest BCUT2D eigenvalue weighted by Gasteiger charge is 2.19. The summed E-state index contributed by atoms with van der Waals surface area (Å²) in [7, 11) is 0. The average Bonchev–Trinajstić information content (AvgIpc) is 3.04. The van der Waals surface area contributed by atoms with Crippen molar-refractivity contribution in [1.29, 1.82) is 0 Å². The maximum absolute atomic E-state index is 12.2. The van der Waals surface area contributed by atoms with Crippen molar-refractivity contribution >= 4 is 39.3 Å². The molecule has 0 aliphatic rings. The van der Waals surface area contributed by atoms with Gasteiger partial charge in [0.25, 0.3) is 5.22 Å². The van der Waals surface area contributed by atoms with E-state index >= 15 is 0 Å². The van der Waals surface area contributed by atoms with Crippen LogP contribution in [0.4, 0.5) is 5.69 Å². The van der Waals surface area contributed by atoms with Gasteiger partial charge in [-0.2, -0.15) is 0 Å². The first kappa shape index (κ1) is 16.7. The number of para-hydroxylation sites is 1. The van der Waals surface area contributed by atoms with Crippen molar-refractivity contribution < 1.29 is 9.21 Å². The number of nitrogens with zero attached hydrogens (tertiary/aromatic N) is 2. The lowest BCUT2D eigenvalue weighted by Crippen LogP contribution is -2.22. The van der Waals surface area contributed by atoms with Crippen molar-refractivity contribution in [2.24, 2.45) is 0 Å². The zero-order valence-electron chi connectivity index (χ0n) is 12.8. The Morgan fingerprint density at radius 3 is 2.71 bits per heavy atom. The molecule has 1 unspecified atom stereocenters. The Bertz CT molecular complexity index is 839. The number of carbonyl (C=O) groups is 1. The van der Waals surface area contributed by atoms with E-state index < -0.39 is 0 Å². The average molecular weight is 404 g/mol. The molecule has 1 heterocycles. The number of hydrogen-bond donors (Lipinski definition) is 1. The molecule has 1 atom stereocenters. The fourth-order valence-corrected chi connectivity index (χ4v) is 3.05. The monoisotopic (exact) mass is 403 g/mol.